The van der Waals surface area contributed by atoms with Gasteiger partial charge < -0.3 is 98.6 Å². The Morgan fingerprint density at radius 3 is 1.16 bits per heavy atom. The number of carboxylic acids is 2. The number of rotatable bonds is 19. The van der Waals surface area contributed by atoms with Crippen molar-refractivity contribution in [1.82, 2.24) is 24.1 Å². The van der Waals surface area contributed by atoms with Crippen LogP contribution >= 0.6 is 34.8 Å². The number of carbonyl (C=O) groups excluding carboxylic acids is 5. The van der Waals surface area contributed by atoms with Gasteiger partial charge in [0.1, 0.15) is 11.6 Å². The topological polar surface area (TPSA) is 402 Å². The molecule has 4 fully saturated rings. The summed E-state index contributed by atoms with van der Waals surface area (Å²) in [5, 5.41) is 25.6. The third-order valence-corrected chi connectivity index (χ3v) is 19.6. The van der Waals surface area contributed by atoms with E-state index in [1.54, 1.807) is 109 Å². The van der Waals surface area contributed by atoms with E-state index in [0.29, 0.717) is 85.5 Å². The smallest absolute Gasteiger partial charge is 0.870 e. The van der Waals surface area contributed by atoms with E-state index in [0.717, 1.165) is 81.0 Å². The summed E-state index contributed by atoms with van der Waals surface area (Å²) >= 11 is 14.6. The van der Waals surface area contributed by atoms with E-state index < -0.39 is 55.0 Å². The summed E-state index contributed by atoms with van der Waals surface area (Å²) in [6.45, 7) is 1.98. The van der Waals surface area contributed by atoms with Crippen molar-refractivity contribution < 1.29 is 155 Å². The molecule has 30 nitrogen and oxygen atoms in total. The molecule has 1 amide bonds. The largest absolute Gasteiger partial charge is 1.00 e. The number of carbonyl (C=O) groups is 7. The molecule has 4 aliphatic heterocycles. The van der Waals surface area contributed by atoms with Crippen molar-refractivity contribution in [3.05, 3.63) is 232 Å². The fourth-order valence-corrected chi connectivity index (χ4v) is 13.1. The molecule has 0 saturated heterocycles. The Balaban J connectivity index is 0.000000166. The Morgan fingerprint density at radius 2 is 0.814 bits per heavy atom. The van der Waals surface area contributed by atoms with Gasteiger partial charge in [0.25, 0.3) is 5.97 Å². The van der Waals surface area contributed by atoms with Gasteiger partial charge in [-0.2, -0.15) is 0 Å². The van der Waals surface area contributed by atoms with Gasteiger partial charge in [-0.15, -0.1) is 58.3 Å². The van der Waals surface area contributed by atoms with Crippen LogP contribution in [-0.4, -0.2) is 133 Å². The van der Waals surface area contributed by atoms with Gasteiger partial charge in [-0.05, 0) is 172 Å². The number of para-hydroxylation sites is 4. The Labute approximate surface area is 755 Å². The van der Waals surface area contributed by atoms with Crippen molar-refractivity contribution in [3.63, 3.8) is 0 Å². The molecule has 8 aromatic carbocycles. The Bertz CT molecular complexity index is 5880. The van der Waals surface area contributed by atoms with Crippen molar-refractivity contribution in [2.24, 2.45) is 11.8 Å². The number of ether oxygens (including phenoxy) is 11. The van der Waals surface area contributed by atoms with Crippen molar-refractivity contribution in [2.45, 2.75) is 121 Å². The van der Waals surface area contributed by atoms with E-state index in [1.807, 2.05) is 27.3 Å². The number of halogens is 11. The number of nitrogens with zero attached hydrogens (tertiary/aromatic N) is 5. The number of nitrogens with one attached hydrogen (secondary N) is 3. The molecule has 8 aliphatic rings. The van der Waals surface area contributed by atoms with Gasteiger partial charge >= 0.3 is 67.9 Å². The SMILES string of the molecule is CC(=O)O.COC(=O)c1ccc(NCc2cccc3c2OC(F)(F)O3)c(N)c1.COC(=O)c1ccc(NCc2cccc3c2OC(F)(F)O3)c(NC(=O)C2CC2)c1.COC(=O)c1ccc2c(c1)nc(C1CC1)n2Cc1cccc2c1OC(F)(F)O2.ClCCl.O=C(Cl)C1CC1.O=C(O)c1ccc2c(c1)nc(C1CC1)n2Cc1cccc2c1OC(F)(F)O2.[Li+].[OH-].c1ccncc1. The molecule has 0 bridgehead atoms. The molecule has 19 rings (SSSR count). The Kier molecular flexibility index (Phi) is 32.5. The maximum absolute atomic E-state index is 13.5. The first-order valence-electron chi connectivity index (χ1n) is 38.7. The van der Waals surface area contributed by atoms with E-state index >= 15 is 0 Å². The molecule has 676 valence electrons. The monoisotopic (exact) mass is 1850 g/mol. The van der Waals surface area contributed by atoms with E-state index in [-0.39, 0.29) is 129 Å². The average molecular weight is 1850 g/mol. The number of alkyl halides is 10. The van der Waals surface area contributed by atoms with Crippen LogP contribution in [0.2, 0.25) is 0 Å². The number of carboxylic acid groups (broad SMARTS) is 2. The van der Waals surface area contributed by atoms with Crippen LogP contribution < -0.4 is 78.4 Å². The summed E-state index contributed by atoms with van der Waals surface area (Å²) in [6.07, 6.45) is -3.47. The molecule has 4 saturated carbocycles. The first-order valence-corrected chi connectivity index (χ1v) is 40.2. The van der Waals surface area contributed by atoms with Crippen molar-refractivity contribution in [3.8, 4) is 46.0 Å². The number of aromatic nitrogens is 5. The van der Waals surface area contributed by atoms with Crippen LogP contribution in [0.25, 0.3) is 22.1 Å². The number of hydrogen-bond donors (Lipinski definition) is 6. The van der Waals surface area contributed by atoms with Crippen LogP contribution in [0, 0.1) is 11.8 Å². The Hall–Kier alpha value is -13.0. The van der Waals surface area contributed by atoms with Gasteiger partial charge in [0.15, 0.2) is 46.0 Å². The number of methoxy groups -OCH3 is 3. The van der Waals surface area contributed by atoms with Gasteiger partial charge in [0, 0.05) is 78.3 Å². The summed E-state index contributed by atoms with van der Waals surface area (Å²) < 4.78 is 162. The van der Waals surface area contributed by atoms with Gasteiger partial charge in [0.2, 0.25) is 11.1 Å². The molecule has 42 heteroatoms. The number of imidazole rings is 2. The predicted octanol–water partition coefficient (Wildman–Crippen LogP) is 15.4. The third kappa shape index (κ3) is 26.1. The number of nitrogens with two attached hydrogens (primary N) is 1. The molecule has 11 aromatic rings. The molecule has 7 heterocycles. The summed E-state index contributed by atoms with van der Waals surface area (Å²) in [6, 6.07) is 43.8. The summed E-state index contributed by atoms with van der Waals surface area (Å²) in [5.41, 5.74) is 13.7. The second-order valence-electron chi connectivity index (χ2n) is 28.8. The Morgan fingerprint density at radius 1 is 0.465 bits per heavy atom. The molecule has 0 radical (unpaired) electrons. The fourth-order valence-electron chi connectivity index (χ4n) is 12.9. The van der Waals surface area contributed by atoms with E-state index in [2.05, 4.69) is 63.8 Å². The minimum Gasteiger partial charge on any atom is -0.870 e. The normalized spacial score (nSPS) is 15.3. The van der Waals surface area contributed by atoms with E-state index in [9.17, 15) is 69.0 Å². The summed E-state index contributed by atoms with van der Waals surface area (Å²) in [4.78, 5) is 90.6. The van der Waals surface area contributed by atoms with Crippen LogP contribution in [-0.2, 0) is 54.8 Å². The minimum absolute atomic E-state index is 0. The second kappa shape index (κ2) is 42.7. The van der Waals surface area contributed by atoms with Gasteiger partial charge in [0.05, 0.1) is 107 Å². The maximum atomic E-state index is 13.5. The molecule has 4 aliphatic carbocycles. The van der Waals surface area contributed by atoms with E-state index in [1.165, 1.54) is 69.9 Å². The molecular formula is C87H79Cl3F8LiN9O21. The molecule has 129 heavy (non-hydrogen) atoms. The number of aliphatic carboxylic acids is 1. The zero-order chi connectivity index (χ0) is 91.2. The number of benzene rings is 8. The first-order chi connectivity index (χ1) is 60.6. The number of fused-ring (bicyclic) bond motifs is 6. The van der Waals surface area contributed by atoms with Gasteiger partial charge in [-0.25, -0.2) is 29.1 Å². The second-order valence-corrected chi connectivity index (χ2v) is 29.9. The quantitative estimate of drug-likeness (QED) is 0.00833. The van der Waals surface area contributed by atoms with Gasteiger partial charge in [-0.3, -0.25) is 19.4 Å². The third-order valence-electron chi connectivity index (χ3n) is 19.3. The summed E-state index contributed by atoms with van der Waals surface area (Å²) in [5.74, 6) is -0.966. The summed E-state index contributed by atoms with van der Waals surface area (Å²) in [7, 11) is 3.87. The molecule has 0 atom stereocenters. The molecular weight excluding hydrogens is 1770 g/mol. The molecule has 0 spiro atoms. The number of nitrogen functional groups attached to an aromatic ring is 1. The van der Waals surface area contributed by atoms with Crippen LogP contribution in [0.4, 0.5) is 57.9 Å². The molecule has 0 unspecified atom stereocenters. The van der Waals surface area contributed by atoms with E-state index in [4.69, 9.17) is 69.6 Å². The van der Waals surface area contributed by atoms with Crippen molar-refractivity contribution >= 4 is 121 Å². The van der Waals surface area contributed by atoms with Crippen LogP contribution in [0.5, 0.6) is 46.0 Å². The fraction of sp³-hybridized carbons (Fsp3) is 0.287. The molecule has 8 N–H and O–H groups in total. The van der Waals surface area contributed by atoms with Crippen molar-refractivity contribution in [2.75, 3.05) is 48.4 Å². The number of aromatic carboxylic acids is 1. The zero-order valence-corrected chi connectivity index (χ0v) is 71.2. The number of hydrogen-bond acceptors (Lipinski definition) is 25. The van der Waals surface area contributed by atoms with Crippen LogP contribution in [0.3, 0.4) is 0 Å². The first kappa shape index (κ1) is 98.2. The number of esters is 3. The van der Waals surface area contributed by atoms with Crippen molar-refractivity contribution in [1.29, 1.82) is 0 Å². The number of amides is 1. The average Bonchev–Trinajstić information content (AvgIpc) is 1.77. The van der Waals surface area contributed by atoms with Gasteiger partial charge in [-0.1, -0.05) is 54.6 Å². The number of pyridine rings is 1. The zero-order valence-electron chi connectivity index (χ0n) is 68.9. The number of anilines is 4. The predicted molar refractivity (Wildman–Crippen MR) is 446 cm³/mol. The molecule has 3 aromatic heterocycles. The van der Waals surface area contributed by atoms with Crippen LogP contribution in [0.15, 0.2) is 176 Å². The maximum Gasteiger partial charge on any atom is 1.00 e. The standard InChI is InChI=1S/C20H18F2N2O5.C20H16F2N2O4.C19H14F2N2O4.C16H14F2N2O4.C5H5N.C4H5ClO.C2H4O2.CH2Cl2.Li.H2O/c1-27-19(26)12-7-8-14(15(9-12)24-18(25)11-5-6-11)23-10-13-3-2-4-16-17(13)29-20(21,22)28-16;1-26-19(25)12-7-8-15-14(9-12)23-18(11-5-6-11)24(15)10-13-3-2-4-16-17(13)28-20(21,22)27-16;20-19(21)26-15-3-1-2-12(16(15)27-19)9-23-14-7-6-11(18(24)25)8-13(14)22-17(23)10-4-5-10;1-22-15(21)9-5-6-12(11(19)7-9)20-8-10-3-2-4-13-14(10)24-16(17,18)23-13;1-2-4-6-5-3-1;5-4(6)3-1-2-3;1-2(3)4;2-1-3;;/h2-4,7-9,11,23H,5-6,10H2,1H3,(H,24,25);2-4,7-9,11H,5-6,10H2,1H3;1-3,6-8,10H,4-5,9H2,(H,24,25);2-7,20H,8,19H2,1H3;1-5H;3H,1-2H2;1H3,(H,3,4);1H2;;1H2/q;;;;;;;;+1;/p-1. The minimum atomic E-state index is -3.70. The van der Waals surface area contributed by atoms with Crippen LogP contribution in [0.1, 0.15) is 145 Å².